The zero-order valence-electron chi connectivity index (χ0n) is 18.7. The highest BCUT2D eigenvalue weighted by molar-refractivity contribution is 5.92. The number of anilines is 2. The van der Waals surface area contributed by atoms with Crippen molar-refractivity contribution in [1.29, 1.82) is 0 Å². The van der Waals surface area contributed by atoms with E-state index in [1.165, 1.54) is 4.90 Å². The SMILES string of the molecule is COc1ccc(C)cc1Nc1nc2cc(Oc3ccnc(C(=O)N(C)C)c3)ccc2n1C. The number of carbonyl (C=O) groups is 1. The lowest BCUT2D eigenvalue weighted by Gasteiger charge is -2.11. The molecule has 0 saturated heterocycles. The second-order valence-corrected chi connectivity index (χ2v) is 7.65. The highest BCUT2D eigenvalue weighted by Crippen LogP contribution is 2.31. The predicted octanol–water partition coefficient (Wildman–Crippen LogP) is 4.52. The molecular weight excluding hydrogens is 406 g/mol. The first-order valence-corrected chi connectivity index (χ1v) is 10.1. The van der Waals surface area contributed by atoms with E-state index in [0.717, 1.165) is 28.0 Å². The van der Waals surface area contributed by atoms with Crippen molar-refractivity contribution in [3.05, 3.63) is 66.0 Å². The van der Waals surface area contributed by atoms with Crippen LogP contribution in [0.4, 0.5) is 11.6 Å². The first-order valence-electron chi connectivity index (χ1n) is 10.1. The fourth-order valence-electron chi connectivity index (χ4n) is 3.35. The third kappa shape index (κ3) is 4.20. The van der Waals surface area contributed by atoms with Gasteiger partial charge < -0.3 is 24.3 Å². The van der Waals surface area contributed by atoms with E-state index in [9.17, 15) is 4.79 Å². The number of carbonyl (C=O) groups excluding carboxylic acids is 1. The molecule has 4 rings (SSSR count). The summed E-state index contributed by atoms with van der Waals surface area (Å²) in [5.74, 6) is 2.39. The van der Waals surface area contributed by atoms with E-state index in [1.54, 1.807) is 39.5 Å². The zero-order valence-corrected chi connectivity index (χ0v) is 18.7. The monoisotopic (exact) mass is 431 g/mol. The molecule has 0 spiro atoms. The zero-order chi connectivity index (χ0) is 22.8. The normalized spacial score (nSPS) is 10.8. The molecule has 0 unspecified atom stereocenters. The molecule has 0 saturated carbocycles. The molecule has 2 aromatic heterocycles. The second-order valence-electron chi connectivity index (χ2n) is 7.65. The molecule has 2 heterocycles. The van der Waals surface area contributed by atoms with Gasteiger partial charge in [-0.05, 0) is 42.8 Å². The summed E-state index contributed by atoms with van der Waals surface area (Å²) < 4.78 is 13.4. The topological polar surface area (TPSA) is 81.5 Å². The van der Waals surface area contributed by atoms with E-state index in [4.69, 9.17) is 14.5 Å². The van der Waals surface area contributed by atoms with Crippen LogP contribution in [0.3, 0.4) is 0 Å². The average molecular weight is 431 g/mol. The van der Waals surface area contributed by atoms with Crippen molar-refractivity contribution in [1.82, 2.24) is 19.4 Å². The van der Waals surface area contributed by atoms with Crippen LogP contribution in [0.15, 0.2) is 54.7 Å². The number of aryl methyl sites for hydroxylation is 2. The van der Waals surface area contributed by atoms with Crippen molar-refractivity contribution in [2.24, 2.45) is 7.05 Å². The van der Waals surface area contributed by atoms with Gasteiger partial charge in [0.05, 0.1) is 23.8 Å². The number of methoxy groups -OCH3 is 1. The molecule has 0 aliphatic rings. The number of nitrogens with one attached hydrogen (secondary N) is 1. The van der Waals surface area contributed by atoms with Gasteiger partial charge in [-0.15, -0.1) is 0 Å². The van der Waals surface area contributed by atoms with Gasteiger partial charge >= 0.3 is 0 Å². The van der Waals surface area contributed by atoms with Crippen LogP contribution in [-0.2, 0) is 7.05 Å². The Balaban J connectivity index is 1.62. The maximum absolute atomic E-state index is 12.2. The maximum atomic E-state index is 12.2. The number of nitrogens with zero attached hydrogens (tertiary/aromatic N) is 4. The first kappa shape index (κ1) is 21.2. The van der Waals surface area contributed by atoms with Crippen molar-refractivity contribution in [3.8, 4) is 17.2 Å². The quantitative estimate of drug-likeness (QED) is 0.483. The Hall–Kier alpha value is -4.07. The molecule has 2 aromatic carbocycles. The lowest BCUT2D eigenvalue weighted by molar-refractivity contribution is 0.0821. The van der Waals surface area contributed by atoms with E-state index < -0.39 is 0 Å². The lowest BCUT2D eigenvalue weighted by atomic mass is 10.2. The largest absolute Gasteiger partial charge is 0.495 e. The number of imidazole rings is 1. The van der Waals surface area contributed by atoms with Crippen molar-refractivity contribution < 1.29 is 14.3 Å². The third-order valence-electron chi connectivity index (χ3n) is 5.05. The smallest absolute Gasteiger partial charge is 0.272 e. The Morgan fingerprint density at radius 2 is 1.84 bits per heavy atom. The van der Waals surface area contributed by atoms with Gasteiger partial charge in [-0.25, -0.2) is 4.98 Å². The molecule has 0 radical (unpaired) electrons. The van der Waals surface area contributed by atoms with E-state index in [0.29, 0.717) is 23.1 Å². The molecule has 1 N–H and O–H groups in total. The summed E-state index contributed by atoms with van der Waals surface area (Å²) in [6.45, 7) is 2.03. The number of aromatic nitrogens is 3. The summed E-state index contributed by atoms with van der Waals surface area (Å²) in [5, 5.41) is 3.36. The average Bonchev–Trinajstić information content (AvgIpc) is 3.08. The van der Waals surface area contributed by atoms with E-state index in [2.05, 4.69) is 10.3 Å². The van der Waals surface area contributed by atoms with E-state index >= 15 is 0 Å². The summed E-state index contributed by atoms with van der Waals surface area (Å²) in [5.41, 5.74) is 4.01. The van der Waals surface area contributed by atoms with Gasteiger partial charge in [-0.1, -0.05) is 6.07 Å². The molecule has 8 heteroatoms. The first-order chi connectivity index (χ1) is 15.4. The van der Waals surface area contributed by atoms with Crippen LogP contribution < -0.4 is 14.8 Å². The van der Waals surface area contributed by atoms with Crippen molar-refractivity contribution in [2.45, 2.75) is 6.92 Å². The molecule has 32 heavy (non-hydrogen) atoms. The minimum atomic E-state index is -0.182. The van der Waals surface area contributed by atoms with Crippen LogP contribution in [-0.4, -0.2) is 46.5 Å². The summed E-state index contributed by atoms with van der Waals surface area (Å²) >= 11 is 0. The Morgan fingerprint density at radius 1 is 1.06 bits per heavy atom. The Bertz CT molecular complexity index is 1300. The molecule has 8 nitrogen and oxygen atoms in total. The summed E-state index contributed by atoms with van der Waals surface area (Å²) in [6.07, 6.45) is 1.56. The lowest BCUT2D eigenvalue weighted by Crippen LogP contribution is -2.22. The van der Waals surface area contributed by atoms with Crippen LogP contribution in [0, 0.1) is 6.92 Å². The molecule has 0 fully saturated rings. The number of rotatable bonds is 6. The van der Waals surface area contributed by atoms with Crippen LogP contribution >= 0.6 is 0 Å². The number of benzene rings is 2. The van der Waals surface area contributed by atoms with Crippen molar-refractivity contribution in [2.75, 3.05) is 26.5 Å². The second kappa shape index (κ2) is 8.58. The molecule has 0 atom stereocenters. The summed E-state index contributed by atoms with van der Waals surface area (Å²) in [7, 11) is 6.96. The number of hydrogen-bond acceptors (Lipinski definition) is 6. The number of amides is 1. The standard InChI is InChI=1S/C24H25N5O3/c1-15-6-9-22(31-5)19(12-15)27-24-26-18-13-16(7-8-21(18)29(24)4)32-17-10-11-25-20(14-17)23(30)28(2)3/h6-14H,1-5H3,(H,26,27). The molecule has 164 valence electrons. The van der Waals surface area contributed by atoms with Gasteiger partial charge in [0.15, 0.2) is 0 Å². The van der Waals surface area contributed by atoms with Gasteiger partial charge in [-0.3, -0.25) is 9.78 Å². The number of ether oxygens (including phenoxy) is 2. The van der Waals surface area contributed by atoms with E-state index in [1.807, 2.05) is 54.9 Å². The minimum Gasteiger partial charge on any atom is -0.495 e. The van der Waals surface area contributed by atoms with Gasteiger partial charge in [0.1, 0.15) is 22.9 Å². The van der Waals surface area contributed by atoms with Crippen LogP contribution in [0.25, 0.3) is 11.0 Å². The maximum Gasteiger partial charge on any atom is 0.272 e. The Morgan fingerprint density at radius 3 is 2.59 bits per heavy atom. The molecule has 0 aliphatic carbocycles. The van der Waals surface area contributed by atoms with Crippen LogP contribution in [0.1, 0.15) is 16.1 Å². The summed E-state index contributed by atoms with van der Waals surface area (Å²) in [4.78, 5) is 22.5. The fraction of sp³-hybridized carbons (Fsp3) is 0.208. The molecule has 0 aliphatic heterocycles. The molecular formula is C24H25N5O3. The fourth-order valence-corrected chi connectivity index (χ4v) is 3.35. The number of hydrogen-bond donors (Lipinski definition) is 1. The Kier molecular flexibility index (Phi) is 5.68. The molecule has 4 aromatic rings. The van der Waals surface area contributed by atoms with E-state index in [-0.39, 0.29) is 5.91 Å². The van der Waals surface area contributed by atoms with Crippen LogP contribution in [0.2, 0.25) is 0 Å². The number of fused-ring (bicyclic) bond motifs is 1. The molecule has 1 amide bonds. The third-order valence-corrected chi connectivity index (χ3v) is 5.05. The van der Waals surface area contributed by atoms with Crippen molar-refractivity contribution in [3.63, 3.8) is 0 Å². The van der Waals surface area contributed by atoms with Gasteiger partial charge in [0.2, 0.25) is 5.95 Å². The highest BCUT2D eigenvalue weighted by atomic mass is 16.5. The number of pyridine rings is 1. The molecule has 0 bridgehead atoms. The predicted molar refractivity (Wildman–Crippen MR) is 124 cm³/mol. The van der Waals surface area contributed by atoms with Gasteiger partial charge in [0.25, 0.3) is 5.91 Å². The van der Waals surface area contributed by atoms with Gasteiger partial charge in [-0.2, -0.15) is 0 Å². The Labute approximate surface area is 186 Å². The van der Waals surface area contributed by atoms with Gasteiger partial charge in [0, 0.05) is 39.5 Å². The van der Waals surface area contributed by atoms with Crippen molar-refractivity contribution >= 4 is 28.6 Å². The van der Waals surface area contributed by atoms with Crippen LogP contribution in [0.5, 0.6) is 17.2 Å². The summed E-state index contributed by atoms with van der Waals surface area (Å²) in [6, 6.07) is 15.0. The highest BCUT2D eigenvalue weighted by Gasteiger charge is 2.13. The minimum absolute atomic E-state index is 0.182.